The fraction of sp³-hybridized carbons (Fsp3) is 0.500. The third-order valence-corrected chi connectivity index (χ3v) is 9.69. The average molecular weight is 802 g/mol. The van der Waals surface area contributed by atoms with Gasteiger partial charge in [-0.05, 0) is 128 Å². The average Bonchev–Trinajstić information content (AvgIpc) is 3.90. The van der Waals surface area contributed by atoms with Gasteiger partial charge in [-0.1, -0.05) is 48.5 Å². The minimum atomic E-state index is 0. The van der Waals surface area contributed by atoms with Crippen molar-refractivity contribution in [2.45, 2.75) is 120 Å². The first-order valence-corrected chi connectivity index (χ1v) is 17.8. The molecular formula is C40H54N4OPt. The van der Waals surface area contributed by atoms with Crippen LogP contribution in [0.25, 0.3) is 45.9 Å². The molecule has 3 aliphatic rings. The Morgan fingerprint density at radius 1 is 0.630 bits per heavy atom. The van der Waals surface area contributed by atoms with Gasteiger partial charge in [0.1, 0.15) is 0 Å². The molecule has 0 aromatic carbocycles. The predicted octanol–water partition coefficient (Wildman–Crippen LogP) is 10.1. The second-order valence-corrected chi connectivity index (χ2v) is 12.2. The molecule has 250 valence electrons. The molecule has 6 heterocycles. The van der Waals surface area contributed by atoms with Crippen LogP contribution >= 0.6 is 0 Å². The van der Waals surface area contributed by atoms with Crippen molar-refractivity contribution in [3.05, 3.63) is 68.3 Å². The Hall–Kier alpha value is -2.75. The van der Waals surface area contributed by atoms with Crippen LogP contribution in [0.15, 0.2) is 12.1 Å². The molecule has 1 saturated heterocycles. The first-order valence-electron chi connectivity index (χ1n) is 17.8. The Bertz CT molecular complexity index is 1760. The van der Waals surface area contributed by atoms with Gasteiger partial charge in [0.2, 0.25) is 0 Å². The topological polar surface area (TPSA) is 55.7 Å². The molecule has 0 radical (unpaired) electrons. The fourth-order valence-electron chi connectivity index (χ4n) is 7.60. The molecule has 0 spiro atoms. The molecule has 6 rings (SSSR count). The van der Waals surface area contributed by atoms with Gasteiger partial charge in [0.05, 0.1) is 22.8 Å². The van der Waals surface area contributed by atoms with Crippen molar-refractivity contribution < 1.29 is 25.8 Å². The van der Waals surface area contributed by atoms with E-state index in [1.54, 1.807) is 0 Å². The minimum absolute atomic E-state index is 0. The molecular weight excluding hydrogens is 748 g/mol. The van der Waals surface area contributed by atoms with Crippen molar-refractivity contribution in [2.24, 2.45) is 0 Å². The zero-order valence-corrected chi connectivity index (χ0v) is 31.7. The summed E-state index contributed by atoms with van der Waals surface area (Å²) in [6.45, 7) is 21.3. The van der Waals surface area contributed by atoms with Crippen LogP contribution in [0.1, 0.15) is 131 Å². The van der Waals surface area contributed by atoms with Crippen molar-refractivity contribution in [3.8, 4) is 0 Å². The van der Waals surface area contributed by atoms with Crippen molar-refractivity contribution in [1.29, 1.82) is 0 Å². The zero-order valence-electron chi connectivity index (χ0n) is 29.4. The number of hydrogen-bond donors (Lipinski definition) is 1. The number of fused-ring (bicyclic) bond motifs is 8. The molecule has 1 fully saturated rings. The monoisotopic (exact) mass is 801 g/mol. The molecule has 1 N–H and O–H groups in total. The molecule has 8 bridgehead atoms. The minimum Gasteiger partial charge on any atom is -0.381 e. The second-order valence-electron chi connectivity index (χ2n) is 12.2. The predicted molar refractivity (Wildman–Crippen MR) is 194 cm³/mol. The van der Waals surface area contributed by atoms with E-state index in [1.165, 1.54) is 73.9 Å². The molecule has 3 aliphatic heterocycles. The van der Waals surface area contributed by atoms with Crippen LogP contribution in [0.5, 0.6) is 0 Å². The van der Waals surface area contributed by atoms with Gasteiger partial charge >= 0.3 is 0 Å². The normalized spacial score (nSPS) is 13.8. The maximum Gasteiger partial charge on any atom is 0.0722 e. The first kappa shape index (κ1) is 36.1. The summed E-state index contributed by atoms with van der Waals surface area (Å²) in [4.78, 5) is 14.3. The molecule has 46 heavy (non-hydrogen) atoms. The second kappa shape index (κ2) is 16.4. The van der Waals surface area contributed by atoms with Gasteiger partial charge in [-0.2, -0.15) is 0 Å². The molecule has 5 nitrogen and oxygen atoms in total. The van der Waals surface area contributed by atoms with E-state index in [-0.39, 0.29) is 21.1 Å². The molecule has 6 heteroatoms. The summed E-state index contributed by atoms with van der Waals surface area (Å²) in [7, 11) is 0. The number of rotatable bonds is 8. The van der Waals surface area contributed by atoms with E-state index < -0.39 is 0 Å². The van der Waals surface area contributed by atoms with Crippen LogP contribution < -0.4 is 0 Å². The molecule has 0 saturated carbocycles. The number of nitrogens with zero attached hydrogens (tertiary/aromatic N) is 3. The number of aromatic amines is 1. The molecule has 3 aromatic heterocycles. The number of hydrogen-bond acceptors (Lipinski definition) is 3. The Labute approximate surface area is 291 Å². The van der Waals surface area contributed by atoms with E-state index in [4.69, 9.17) is 14.7 Å². The van der Waals surface area contributed by atoms with Crippen molar-refractivity contribution in [2.75, 3.05) is 13.2 Å². The summed E-state index contributed by atoms with van der Waals surface area (Å²) in [5.41, 5.74) is 19.4. The number of H-pyrrole nitrogens is 1. The quantitative estimate of drug-likeness (QED) is 0.193. The van der Waals surface area contributed by atoms with Gasteiger partial charge in [0, 0.05) is 68.5 Å². The van der Waals surface area contributed by atoms with Gasteiger partial charge in [-0.25, -0.2) is 9.97 Å². The zero-order chi connectivity index (χ0) is 32.1. The molecule has 0 atom stereocenters. The van der Waals surface area contributed by atoms with Crippen LogP contribution in [-0.2, 0) is 70.9 Å². The molecule has 0 aliphatic carbocycles. The van der Waals surface area contributed by atoms with E-state index >= 15 is 0 Å². The van der Waals surface area contributed by atoms with Gasteiger partial charge in [0.25, 0.3) is 0 Å². The molecule has 0 unspecified atom stereocenters. The number of nitrogens with one attached hydrogen (secondary N) is 1. The fourth-order valence-corrected chi connectivity index (χ4v) is 7.60. The maximum absolute atomic E-state index is 5.22. The number of allylic oxidation sites excluding steroid dienone is 1. The van der Waals surface area contributed by atoms with Gasteiger partial charge in [-0.15, -0.1) is 0 Å². The largest absolute Gasteiger partial charge is 0.381 e. The summed E-state index contributed by atoms with van der Waals surface area (Å²) in [5, 5.41) is 0. The van der Waals surface area contributed by atoms with Crippen LogP contribution in [0.3, 0.4) is 0 Å². The van der Waals surface area contributed by atoms with Gasteiger partial charge in [0.15, 0.2) is 0 Å². The van der Waals surface area contributed by atoms with Gasteiger partial charge < -0.3 is 14.3 Å². The van der Waals surface area contributed by atoms with E-state index in [2.05, 4.69) is 95.3 Å². The Kier molecular flexibility index (Phi) is 12.9. The number of ether oxygens (including phenoxy) is 1. The number of aromatic nitrogens is 4. The van der Waals surface area contributed by atoms with E-state index in [1.807, 2.05) is 0 Å². The van der Waals surface area contributed by atoms with Crippen molar-refractivity contribution in [1.82, 2.24) is 19.5 Å². The summed E-state index contributed by atoms with van der Waals surface area (Å²) >= 11 is 0. The molecule has 0 amide bonds. The molecule has 3 aromatic rings. The van der Waals surface area contributed by atoms with Gasteiger partial charge in [-0.3, -0.25) is 0 Å². The third-order valence-electron chi connectivity index (χ3n) is 9.69. The Balaban J connectivity index is 0.000000731. The summed E-state index contributed by atoms with van der Waals surface area (Å²) in [5.74, 6) is 0. The van der Waals surface area contributed by atoms with Crippen molar-refractivity contribution >= 4 is 45.9 Å². The summed E-state index contributed by atoms with van der Waals surface area (Å²) in [6, 6.07) is 4.45. The third kappa shape index (κ3) is 6.78. The Morgan fingerprint density at radius 3 is 1.70 bits per heavy atom. The van der Waals surface area contributed by atoms with Crippen LogP contribution in [0.2, 0.25) is 0 Å². The smallest absolute Gasteiger partial charge is 0.0722 e. The van der Waals surface area contributed by atoms with E-state index in [0.717, 1.165) is 87.5 Å². The first-order chi connectivity index (χ1) is 22.0. The summed E-state index contributed by atoms with van der Waals surface area (Å²) in [6.07, 6.45) is 16.0. The summed E-state index contributed by atoms with van der Waals surface area (Å²) < 4.78 is 7.51. The standard InChI is InChI=1S/C36H46N4.C4H8O.Pt/c1-9-22-19-25-20-23-17-18-24(37-23)21-32-26(10-2)29(13-5)36(40(32)16-8)31(15-7)35-28(12-4)27(11-3)34(39-35)30(14-6)33(22)38-25;1-2-4-5-3-1;/h17-21,39H,9-16H2,1-8H3;1-4H2;. The van der Waals surface area contributed by atoms with Crippen LogP contribution in [0.4, 0.5) is 0 Å². The van der Waals surface area contributed by atoms with Crippen LogP contribution in [0, 0.1) is 0 Å². The SMILES string of the molecule is C1CCOC1.CCC1=Cc2cc3nc(cc4c(CC)c(CC)c(c(CC)c5[nH]c(c(CC)c1n2)c(CC)c5CC)n4CC)C=C3.[Pt]. The van der Waals surface area contributed by atoms with E-state index in [9.17, 15) is 0 Å². The van der Waals surface area contributed by atoms with Crippen LogP contribution in [-0.4, -0.2) is 32.7 Å². The van der Waals surface area contributed by atoms with E-state index in [0.29, 0.717) is 0 Å². The Morgan fingerprint density at radius 2 is 1.20 bits per heavy atom. The van der Waals surface area contributed by atoms with Crippen molar-refractivity contribution in [3.63, 3.8) is 0 Å². The maximum atomic E-state index is 5.22. The number of aryl methyl sites for hydroxylation is 7.